The number of nitrogens with one attached hydrogen (secondary N) is 1. The Balaban J connectivity index is 2.00. The van der Waals surface area contributed by atoms with Gasteiger partial charge in [-0.1, -0.05) is 19.1 Å². The molecule has 7 heteroatoms. The van der Waals surface area contributed by atoms with Gasteiger partial charge in [-0.05, 0) is 56.5 Å². The summed E-state index contributed by atoms with van der Waals surface area (Å²) in [5.74, 6) is -0.134. The number of hydrogen-bond acceptors (Lipinski definition) is 4. The van der Waals surface area contributed by atoms with E-state index in [1.54, 1.807) is 26.1 Å². The van der Waals surface area contributed by atoms with Gasteiger partial charge in [0.05, 0.1) is 18.2 Å². The second kappa shape index (κ2) is 8.73. The Morgan fingerprint density at radius 2 is 1.89 bits per heavy atom. The van der Waals surface area contributed by atoms with E-state index in [0.717, 1.165) is 25.9 Å². The number of halogens is 1. The molecule has 1 N–H and O–H groups in total. The van der Waals surface area contributed by atoms with Crippen molar-refractivity contribution in [2.75, 3.05) is 33.3 Å². The maximum Gasteiger partial charge on any atom is 0.338 e. The highest BCUT2D eigenvalue weighted by molar-refractivity contribution is 5.95. The minimum Gasteiger partial charge on any atom is -0.463 e. The highest BCUT2D eigenvalue weighted by atomic mass is 19.1. The van der Waals surface area contributed by atoms with E-state index in [9.17, 15) is 14.0 Å². The summed E-state index contributed by atoms with van der Waals surface area (Å²) in [6.45, 7) is 6.59. The molecule has 1 fully saturated rings. The lowest BCUT2D eigenvalue weighted by Crippen LogP contribution is -2.50. The van der Waals surface area contributed by atoms with E-state index in [1.807, 2.05) is 0 Å². The molecule has 1 atom stereocenters. The average molecular weight is 389 g/mol. The van der Waals surface area contributed by atoms with Crippen molar-refractivity contribution in [3.8, 4) is 0 Å². The maximum absolute atomic E-state index is 13.4. The molecule has 2 heterocycles. The van der Waals surface area contributed by atoms with Crippen LogP contribution in [0.3, 0.4) is 0 Å². The van der Waals surface area contributed by atoms with Gasteiger partial charge in [0.1, 0.15) is 5.82 Å². The lowest BCUT2D eigenvalue weighted by molar-refractivity contribution is -0.139. The van der Waals surface area contributed by atoms with Crippen molar-refractivity contribution in [1.29, 1.82) is 0 Å². The summed E-state index contributed by atoms with van der Waals surface area (Å²) in [4.78, 5) is 29.2. The number of urea groups is 1. The number of likely N-dealkylation sites (N-methyl/N-ethyl adjacent to an activating group) is 1. The summed E-state index contributed by atoms with van der Waals surface area (Å²) in [5, 5.41) is 2.85. The number of piperidine rings is 1. The molecular formula is C21H28FN3O3. The molecular weight excluding hydrogens is 361 g/mol. The van der Waals surface area contributed by atoms with Gasteiger partial charge in [-0.2, -0.15) is 0 Å². The zero-order valence-corrected chi connectivity index (χ0v) is 16.7. The summed E-state index contributed by atoms with van der Waals surface area (Å²) in [7, 11) is 1.66. The van der Waals surface area contributed by atoms with E-state index in [4.69, 9.17) is 4.74 Å². The van der Waals surface area contributed by atoms with E-state index >= 15 is 0 Å². The third kappa shape index (κ3) is 4.35. The number of nitrogens with zero attached hydrogens (tertiary/aromatic N) is 2. The number of amides is 2. The molecule has 3 rings (SSSR count). The molecule has 0 unspecified atom stereocenters. The number of esters is 1. The van der Waals surface area contributed by atoms with Crippen LogP contribution in [-0.2, 0) is 9.53 Å². The van der Waals surface area contributed by atoms with Crippen LogP contribution in [0.5, 0.6) is 0 Å². The van der Waals surface area contributed by atoms with Crippen LogP contribution in [0.1, 0.15) is 38.3 Å². The normalized spacial score (nSPS) is 21.6. The molecule has 6 nitrogen and oxygen atoms in total. The van der Waals surface area contributed by atoms with Crippen molar-refractivity contribution in [2.45, 2.75) is 32.7 Å². The number of carbonyl (C=O) groups is 2. The standard InChI is InChI=1S/C21H28FN3O3/c1-4-28-20(26)18-17(13-25-11-9-14(2)10-12-25)24(3)21(27)23-19(18)15-5-7-16(22)8-6-15/h5-8,14,19H,4,9-13H2,1-3H3,(H,23,27)/t19-/m0/s1. The Labute approximate surface area is 165 Å². The summed E-state index contributed by atoms with van der Waals surface area (Å²) in [6.07, 6.45) is 2.19. The van der Waals surface area contributed by atoms with Gasteiger partial charge in [0.25, 0.3) is 0 Å². The van der Waals surface area contributed by atoms with E-state index in [2.05, 4.69) is 17.1 Å². The topological polar surface area (TPSA) is 61.9 Å². The minimum atomic E-state index is -0.665. The molecule has 0 radical (unpaired) electrons. The van der Waals surface area contributed by atoms with Crippen LogP contribution in [-0.4, -0.2) is 55.1 Å². The highest BCUT2D eigenvalue weighted by Gasteiger charge is 2.37. The highest BCUT2D eigenvalue weighted by Crippen LogP contribution is 2.32. The van der Waals surface area contributed by atoms with Gasteiger partial charge in [-0.15, -0.1) is 0 Å². The second-order valence-electron chi connectivity index (χ2n) is 7.53. The summed E-state index contributed by atoms with van der Waals surface area (Å²) in [6, 6.07) is 4.88. The smallest absolute Gasteiger partial charge is 0.338 e. The van der Waals surface area contributed by atoms with Crippen molar-refractivity contribution < 1.29 is 18.7 Å². The van der Waals surface area contributed by atoms with E-state index in [0.29, 0.717) is 29.3 Å². The predicted octanol–water partition coefficient (Wildman–Crippen LogP) is 3.07. The fourth-order valence-corrected chi connectivity index (χ4v) is 3.74. The fraction of sp³-hybridized carbons (Fsp3) is 0.524. The van der Waals surface area contributed by atoms with Gasteiger partial charge >= 0.3 is 12.0 Å². The molecule has 1 aromatic carbocycles. The zero-order chi connectivity index (χ0) is 20.3. The lowest BCUT2D eigenvalue weighted by Gasteiger charge is -2.38. The molecule has 1 aromatic rings. The molecule has 0 aliphatic carbocycles. The molecule has 0 saturated carbocycles. The first kappa shape index (κ1) is 20.3. The third-order valence-corrected chi connectivity index (χ3v) is 5.53. The Bertz CT molecular complexity index is 755. The molecule has 2 aliphatic rings. The quantitative estimate of drug-likeness (QED) is 0.787. The Kier molecular flexibility index (Phi) is 6.34. The Morgan fingerprint density at radius 1 is 1.25 bits per heavy atom. The predicted molar refractivity (Wildman–Crippen MR) is 104 cm³/mol. The van der Waals surface area contributed by atoms with Crippen LogP contribution in [0, 0.1) is 11.7 Å². The van der Waals surface area contributed by atoms with Crippen LogP contribution >= 0.6 is 0 Å². The van der Waals surface area contributed by atoms with Crippen molar-refractivity contribution in [1.82, 2.24) is 15.1 Å². The fourth-order valence-electron chi connectivity index (χ4n) is 3.74. The van der Waals surface area contributed by atoms with E-state index in [-0.39, 0.29) is 18.5 Å². The van der Waals surface area contributed by atoms with Gasteiger partial charge in [0.2, 0.25) is 0 Å². The van der Waals surface area contributed by atoms with Gasteiger partial charge in [-0.3, -0.25) is 9.80 Å². The average Bonchev–Trinajstić information content (AvgIpc) is 2.67. The molecule has 28 heavy (non-hydrogen) atoms. The molecule has 152 valence electrons. The van der Waals surface area contributed by atoms with Crippen LogP contribution in [0.2, 0.25) is 0 Å². The van der Waals surface area contributed by atoms with E-state index < -0.39 is 12.0 Å². The van der Waals surface area contributed by atoms with Crippen LogP contribution < -0.4 is 5.32 Å². The van der Waals surface area contributed by atoms with Gasteiger partial charge in [-0.25, -0.2) is 14.0 Å². The number of hydrogen-bond donors (Lipinski definition) is 1. The van der Waals surface area contributed by atoms with Gasteiger partial charge in [0, 0.05) is 19.3 Å². The Morgan fingerprint density at radius 3 is 2.50 bits per heavy atom. The molecule has 1 saturated heterocycles. The molecule has 2 aliphatic heterocycles. The van der Waals surface area contributed by atoms with Crippen LogP contribution in [0.15, 0.2) is 35.5 Å². The summed E-state index contributed by atoms with van der Waals surface area (Å²) < 4.78 is 18.7. The second-order valence-corrected chi connectivity index (χ2v) is 7.53. The monoisotopic (exact) mass is 389 g/mol. The molecule has 2 amide bonds. The summed E-state index contributed by atoms with van der Waals surface area (Å²) >= 11 is 0. The van der Waals surface area contributed by atoms with Crippen molar-refractivity contribution in [2.24, 2.45) is 5.92 Å². The number of benzene rings is 1. The number of ether oxygens (including phenoxy) is 1. The largest absolute Gasteiger partial charge is 0.463 e. The lowest BCUT2D eigenvalue weighted by atomic mass is 9.93. The molecule has 0 aromatic heterocycles. The van der Waals surface area contributed by atoms with Crippen LogP contribution in [0.4, 0.5) is 9.18 Å². The van der Waals surface area contributed by atoms with E-state index in [1.165, 1.54) is 17.0 Å². The first-order valence-corrected chi connectivity index (χ1v) is 9.83. The minimum absolute atomic E-state index is 0.241. The third-order valence-electron chi connectivity index (χ3n) is 5.53. The van der Waals surface area contributed by atoms with Gasteiger partial charge in [0.15, 0.2) is 0 Å². The van der Waals surface area contributed by atoms with Crippen molar-refractivity contribution >= 4 is 12.0 Å². The Hall–Kier alpha value is -2.41. The van der Waals surface area contributed by atoms with Crippen LogP contribution in [0.25, 0.3) is 0 Å². The first-order valence-electron chi connectivity index (χ1n) is 9.83. The SMILES string of the molecule is CCOC(=O)C1=C(CN2CCC(C)CC2)N(C)C(=O)N[C@H]1c1ccc(F)cc1. The first-order chi connectivity index (χ1) is 13.4. The summed E-state index contributed by atoms with van der Waals surface area (Å²) in [5.41, 5.74) is 1.70. The molecule has 0 bridgehead atoms. The zero-order valence-electron chi connectivity index (χ0n) is 16.7. The van der Waals surface area contributed by atoms with Gasteiger partial charge < -0.3 is 10.1 Å². The molecule has 0 spiro atoms. The van der Waals surface area contributed by atoms with Crippen molar-refractivity contribution in [3.63, 3.8) is 0 Å². The number of carbonyl (C=O) groups excluding carboxylic acids is 2. The number of likely N-dealkylation sites (tertiary alicyclic amines) is 1. The number of rotatable bonds is 5. The van der Waals surface area contributed by atoms with Crippen molar-refractivity contribution in [3.05, 3.63) is 46.9 Å². The maximum atomic E-state index is 13.4.